The van der Waals surface area contributed by atoms with Crippen LogP contribution in [0.15, 0.2) is 64.4 Å². The lowest BCUT2D eigenvalue weighted by molar-refractivity contribution is -0.114. The van der Waals surface area contributed by atoms with Gasteiger partial charge in [0.1, 0.15) is 28.7 Å². The molecular formula is C30H37N3O10S2. The lowest BCUT2D eigenvalue weighted by Gasteiger charge is -2.27. The summed E-state index contributed by atoms with van der Waals surface area (Å²) in [5.41, 5.74) is 0.169. The second-order valence-corrected chi connectivity index (χ2v) is 13.7. The predicted octanol–water partition coefficient (Wildman–Crippen LogP) is 3.74. The highest BCUT2D eigenvalue weighted by Crippen LogP contribution is 2.38. The first-order chi connectivity index (χ1) is 21.5. The Morgan fingerprint density at radius 3 is 1.98 bits per heavy atom. The molecule has 4 rings (SSSR count). The van der Waals surface area contributed by atoms with E-state index in [1.54, 1.807) is 6.07 Å². The lowest BCUT2D eigenvalue weighted by atomic mass is 10.2. The first-order valence-corrected chi connectivity index (χ1v) is 16.8. The molecule has 0 aliphatic carbocycles. The minimum absolute atomic E-state index is 0.0323. The summed E-state index contributed by atoms with van der Waals surface area (Å²) in [4.78, 5) is 13.3. The average Bonchev–Trinajstić information content (AvgIpc) is 3.06. The zero-order chi connectivity index (χ0) is 32.8. The number of benzene rings is 3. The second kappa shape index (κ2) is 14.3. The van der Waals surface area contributed by atoms with Crippen molar-refractivity contribution in [1.29, 1.82) is 0 Å². The predicted molar refractivity (Wildman–Crippen MR) is 168 cm³/mol. The van der Waals surface area contributed by atoms with Gasteiger partial charge in [-0.3, -0.25) is 9.10 Å². The summed E-state index contributed by atoms with van der Waals surface area (Å²) in [6.45, 7) is 0.0568. The number of carbonyl (C=O) groups excluding carboxylic acids is 1. The van der Waals surface area contributed by atoms with Gasteiger partial charge >= 0.3 is 0 Å². The quantitative estimate of drug-likeness (QED) is 0.287. The van der Waals surface area contributed by atoms with Crippen molar-refractivity contribution in [3.05, 3.63) is 54.6 Å². The number of nitrogens with zero attached hydrogens (tertiary/aromatic N) is 2. The standard InChI is InChI=1S/C30H37N3O10S2/c1-39-22-10-13-25(40-2)24(18-22)33(44(35,36)23-11-14-26(41-3)28(19-23)43-5)20-30(34)31-21-9-12-27(42-4)29(17-21)45(37,38)32-15-7-6-8-16-32/h9-14,17-19H,6-8,15-16,20H2,1-5H3,(H,31,34). The highest BCUT2D eigenvalue weighted by molar-refractivity contribution is 7.93. The van der Waals surface area contributed by atoms with Crippen LogP contribution in [-0.4, -0.2) is 82.2 Å². The van der Waals surface area contributed by atoms with Gasteiger partial charge in [0, 0.05) is 30.9 Å². The molecule has 0 bridgehead atoms. The van der Waals surface area contributed by atoms with Gasteiger partial charge in [0.25, 0.3) is 10.0 Å². The summed E-state index contributed by atoms with van der Waals surface area (Å²) < 4.78 is 84.2. The van der Waals surface area contributed by atoms with Crippen LogP contribution in [0.4, 0.5) is 11.4 Å². The van der Waals surface area contributed by atoms with E-state index in [2.05, 4.69) is 5.32 Å². The van der Waals surface area contributed by atoms with Gasteiger partial charge in [-0.05, 0) is 55.3 Å². The number of methoxy groups -OCH3 is 5. The Morgan fingerprint density at radius 1 is 0.733 bits per heavy atom. The van der Waals surface area contributed by atoms with Crippen molar-refractivity contribution < 1.29 is 45.3 Å². The Morgan fingerprint density at radius 2 is 1.36 bits per heavy atom. The third-order valence-electron chi connectivity index (χ3n) is 7.27. The third kappa shape index (κ3) is 7.21. The number of rotatable bonds is 13. The second-order valence-electron chi connectivity index (χ2n) is 9.94. The summed E-state index contributed by atoms with van der Waals surface area (Å²) in [7, 11) is -1.40. The molecular weight excluding hydrogens is 626 g/mol. The molecule has 1 heterocycles. The summed E-state index contributed by atoms with van der Waals surface area (Å²) in [6.07, 6.45) is 2.44. The van der Waals surface area contributed by atoms with E-state index < -0.39 is 32.5 Å². The zero-order valence-corrected chi connectivity index (χ0v) is 27.4. The maximum Gasteiger partial charge on any atom is 0.265 e. The molecule has 244 valence electrons. The number of sulfonamides is 2. The molecule has 15 heteroatoms. The number of hydrogen-bond acceptors (Lipinski definition) is 10. The lowest BCUT2D eigenvalue weighted by Crippen LogP contribution is -2.38. The van der Waals surface area contributed by atoms with Crippen molar-refractivity contribution in [3.63, 3.8) is 0 Å². The Labute approximate surface area is 263 Å². The Balaban J connectivity index is 1.73. The Kier molecular flexibility index (Phi) is 10.7. The van der Waals surface area contributed by atoms with Crippen LogP contribution in [0, 0.1) is 0 Å². The summed E-state index contributed by atoms with van der Waals surface area (Å²) >= 11 is 0. The highest BCUT2D eigenvalue weighted by Gasteiger charge is 2.32. The van der Waals surface area contributed by atoms with E-state index in [-0.39, 0.29) is 38.4 Å². The molecule has 0 atom stereocenters. The third-order valence-corrected chi connectivity index (χ3v) is 10.9. The number of carbonyl (C=O) groups is 1. The van der Waals surface area contributed by atoms with Crippen LogP contribution in [0.25, 0.3) is 0 Å². The van der Waals surface area contributed by atoms with E-state index in [4.69, 9.17) is 23.7 Å². The molecule has 1 amide bonds. The molecule has 0 radical (unpaired) electrons. The minimum Gasteiger partial charge on any atom is -0.497 e. The average molecular weight is 664 g/mol. The van der Waals surface area contributed by atoms with Crippen LogP contribution in [0.5, 0.6) is 28.7 Å². The molecule has 0 saturated carbocycles. The zero-order valence-electron chi connectivity index (χ0n) is 25.7. The van der Waals surface area contributed by atoms with Crippen molar-refractivity contribution in [2.45, 2.75) is 29.1 Å². The van der Waals surface area contributed by atoms with E-state index in [0.29, 0.717) is 24.6 Å². The number of ether oxygens (including phenoxy) is 5. The van der Waals surface area contributed by atoms with Gasteiger partial charge in [-0.2, -0.15) is 4.31 Å². The van der Waals surface area contributed by atoms with Gasteiger partial charge in [-0.1, -0.05) is 6.42 Å². The van der Waals surface area contributed by atoms with Gasteiger partial charge in [0.15, 0.2) is 11.5 Å². The molecule has 0 spiro atoms. The fourth-order valence-corrected chi connectivity index (χ4v) is 8.06. The van der Waals surface area contributed by atoms with Crippen LogP contribution in [0.1, 0.15) is 19.3 Å². The first-order valence-electron chi connectivity index (χ1n) is 13.9. The van der Waals surface area contributed by atoms with Gasteiger partial charge in [-0.15, -0.1) is 0 Å². The fourth-order valence-electron chi connectivity index (χ4n) is 4.93. The number of amides is 1. The van der Waals surface area contributed by atoms with Crippen molar-refractivity contribution in [1.82, 2.24) is 4.31 Å². The molecule has 1 aliphatic heterocycles. The summed E-state index contributed by atoms with van der Waals surface area (Å²) in [5, 5.41) is 2.64. The number of nitrogens with one attached hydrogen (secondary N) is 1. The molecule has 1 N–H and O–H groups in total. The molecule has 1 aliphatic rings. The smallest absolute Gasteiger partial charge is 0.265 e. The van der Waals surface area contributed by atoms with E-state index in [1.807, 2.05) is 0 Å². The van der Waals surface area contributed by atoms with Crippen LogP contribution in [0.3, 0.4) is 0 Å². The monoisotopic (exact) mass is 663 g/mol. The maximum absolute atomic E-state index is 14.2. The molecule has 0 unspecified atom stereocenters. The van der Waals surface area contributed by atoms with Gasteiger partial charge in [0.05, 0.1) is 46.1 Å². The van der Waals surface area contributed by atoms with Crippen molar-refractivity contribution >= 4 is 37.3 Å². The van der Waals surface area contributed by atoms with Crippen molar-refractivity contribution in [3.8, 4) is 28.7 Å². The van der Waals surface area contributed by atoms with Crippen molar-refractivity contribution in [2.75, 3.05) is 64.8 Å². The highest BCUT2D eigenvalue weighted by atomic mass is 32.2. The van der Waals surface area contributed by atoms with Crippen LogP contribution in [-0.2, 0) is 24.8 Å². The van der Waals surface area contributed by atoms with Gasteiger partial charge in [-0.25, -0.2) is 16.8 Å². The van der Waals surface area contributed by atoms with E-state index >= 15 is 0 Å². The topological polar surface area (TPSA) is 150 Å². The minimum atomic E-state index is -4.43. The summed E-state index contributed by atoms with van der Waals surface area (Å²) in [6, 6.07) is 12.8. The molecule has 1 saturated heterocycles. The molecule has 1 fully saturated rings. The van der Waals surface area contributed by atoms with Gasteiger partial charge < -0.3 is 29.0 Å². The van der Waals surface area contributed by atoms with E-state index in [9.17, 15) is 21.6 Å². The largest absolute Gasteiger partial charge is 0.497 e. The molecule has 45 heavy (non-hydrogen) atoms. The Bertz CT molecular complexity index is 1740. The summed E-state index contributed by atoms with van der Waals surface area (Å²) in [5.74, 6) is 0.331. The number of hydrogen-bond donors (Lipinski definition) is 1. The van der Waals surface area contributed by atoms with E-state index in [1.165, 1.54) is 88.4 Å². The number of piperidine rings is 1. The van der Waals surface area contributed by atoms with Gasteiger partial charge in [0.2, 0.25) is 15.9 Å². The molecule has 3 aromatic carbocycles. The number of anilines is 2. The fraction of sp³-hybridized carbons (Fsp3) is 0.367. The Hall–Kier alpha value is -4.21. The van der Waals surface area contributed by atoms with Crippen LogP contribution in [0.2, 0.25) is 0 Å². The molecule has 0 aromatic heterocycles. The van der Waals surface area contributed by atoms with Crippen LogP contribution >= 0.6 is 0 Å². The SMILES string of the molecule is COc1ccc(OC)c(N(CC(=O)Nc2ccc(OC)c(S(=O)(=O)N3CCCCC3)c2)S(=O)(=O)c2ccc(OC)c(OC)c2)c1. The maximum atomic E-state index is 14.2. The molecule has 3 aromatic rings. The van der Waals surface area contributed by atoms with Crippen molar-refractivity contribution in [2.24, 2.45) is 0 Å². The first kappa shape index (κ1) is 33.7. The molecule has 13 nitrogen and oxygen atoms in total. The van der Waals surface area contributed by atoms with E-state index in [0.717, 1.165) is 23.6 Å². The normalized spacial score (nSPS) is 13.9. The van der Waals surface area contributed by atoms with Crippen LogP contribution < -0.4 is 33.3 Å².